The number of aliphatic hydroxyl groups is 1. The molecule has 1 aliphatic carbocycles. The van der Waals surface area contributed by atoms with Crippen molar-refractivity contribution in [1.82, 2.24) is 9.97 Å². The zero-order valence-corrected chi connectivity index (χ0v) is 18.9. The van der Waals surface area contributed by atoms with Gasteiger partial charge in [-0.25, -0.2) is 18.2 Å². The Morgan fingerprint density at radius 2 is 1.82 bits per heavy atom. The van der Waals surface area contributed by atoms with Gasteiger partial charge in [-0.2, -0.15) is 0 Å². The summed E-state index contributed by atoms with van der Waals surface area (Å²) in [4.78, 5) is 21.2. The fourth-order valence-corrected chi connectivity index (χ4v) is 4.77. The first kappa shape index (κ1) is 24.0. The Morgan fingerprint density at radius 3 is 2.50 bits per heavy atom. The molecule has 1 fully saturated rings. The number of hydrogen-bond acceptors (Lipinski definition) is 5. The monoisotopic (exact) mass is 469 g/mol. The number of aromatic nitrogens is 2. The van der Waals surface area contributed by atoms with Gasteiger partial charge in [-0.05, 0) is 78.6 Å². The zero-order chi connectivity index (χ0) is 24.6. The maximum absolute atomic E-state index is 14.5. The molecule has 4 rings (SSSR count). The summed E-state index contributed by atoms with van der Waals surface area (Å²) in [7, 11) is 0. The molecule has 0 radical (unpaired) electrons. The topological polar surface area (TPSA) is 89.1 Å². The lowest BCUT2D eigenvalue weighted by atomic mass is 9.74. The Balaban J connectivity index is 1.64. The minimum Gasteiger partial charge on any atom is -0.391 e. The molecule has 178 valence electrons. The van der Waals surface area contributed by atoms with Crippen molar-refractivity contribution in [2.24, 2.45) is 11.7 Å². The third-order valence-corrected chi connectivity index (χ3v) is 6.52. The minimum atomic E-state index is -0.951. The molecule has 4 atom stereocenters. The summed E-state index contributed by atoms with van der Waals surface area (Å²) in [6.07, 6.45) is 3.88. The number of rotatable bonds is 5. The van der Waals surface area contributed by atoms with Gasteiger partial charge in [0.2, 0.25) is 0 Å². The predicted molar refractivity (Wildman–Crippen MR) is 122 cm³/mol. The average Bonchev–Trinajstić information content (AvgIpc) is 2.78. The highest BCUT2D eigenvalue weighted by atomic mass is 19.1. The summed E-state index contributed by atoms with van der Waals surface area (Å²) in [5.74, 6) is -3.21. The molecule has 0 aliphatic heterocycles. The molecule has 5 nitrogen and oxygen atoms in total. The average molecular weight is 470 g/mol. The van der Waals surface area contributed by atoms with E-state index in [-0.39, 0.29) is 30.0 Å². The van der Waals surface area contributed by atoms with E-state index in [2.05, 4.69) is 9.97 Å². The molecule has 0 amide bonds. The maximum Gasteiger partial charge on any atom is 0.185 e. The lowest BCUT2D eigenvalue weighted by molar-refractivity contribution is 0.0519. The third-order valence-electron chi connectivity index (χ3n) is 6.52. The number of halogens is 3. The van der Waals surface area contributed by atoms with Crippen LogP contribution in [0.25, 0.3) is 11.3 Å². The van der Waals surface area contributed by atoms with Crippen LogP contribution in [0, 0.1) is 30.3 Å². The van der Waals surface area contributed by atoms with E-state index in [9.17, 15) is 23.1 Å². The second kappa shape index (κ2) is 9.64. The Kier molecular flexibility index (Phi) is 6.81. The normalized spacial score (nSPS) is 22.6. The van der Waals surface area contributed by atoms with Gasteiger partial charge in [0.1, 0.15) is 28.8 Å². The van der Waals surface area contributed by atoms with Crippen molar-refractivity contribution in [2.75, 3.05) is 0 Å². The van der Waals surface area contributed by atoms with Crippen molar-refractivity contribution in [3.63, 3.8) is 0 Å². The largest absolute Gasteiger partial charge is 0.391 e. The summed E-state index contributed by atoms with van der Waals surface area (Å²) < 4.78 is 43.3. The Morgan fingerprint density at radius 1 is 1.12 bits per heavy atom. The van der Waals surface area contributed by atoms with E-state index in [1.807, 2.05) is 13.0 Å². The van der Waals surface area contributed by atoms with Crippen molar-refractivity contribution in [3.05, 3.63) is 82.6 Å². The zero-order valence-electron chi connectivity index (χ0n) is 18.9. The SMILES string of the molecule is Cc1cc(F)c(-c2nc(C(=O)Cc3cnccc3[C@H]3C[C@@H](N)[C@H](O)[C@@H](C)C3)ccc2F)c(F)c1. The Hall–Kier alpha value is -3.10. The number of ketones is 1. The second-order valence-corrected chi connectivity index (χ2v) is 9.10. The van der Waals surface area contributed by atoms with Crippen molar-refractivity contribution in [2.45, 2.75) is 51.2 Å². The first-order valence-corrected chi connectivity index (χ1v) is 11.2. The molecular weight excluding hydrogens is 443 g/mol. The summed E-state index contributed by atoms with van der Waals surface area (Å²) in [6, 6.07) is 5.83. The van der Waals surface area contributed by atoms with E-state index in [1.54, 1.807) is 12.4 Å². The Labute approximate surface area is 195 Å². The molecule has 0 unspecified atom stereocenters. The second-order valence-electron chi connectivity index (χ2n) is 9.10. The van der Waals surface area contributed by atoms with Crippen LogP contribution in [-0.4, -0.2) is 33.0 Å². The molecule has 2 aromatic heterocycles. The molecule has 2 heterocycles. The van der Waals surface area contributed by atoms with Crippen LogP contribution in [0.15, 0.2) is 42.7 Å². The third kappa shape index (κ3) is 4.74. The fourth-order valence-electron chi connectivity index (χ4n) is 4.77. The first-order valence-electron chi connectivity index (χ1n) is 11.2. The highest BCUT2D eigenvalue weighted by molar-refractivity contribution is 5.96. The fraction of sp³-hybridized carbons (Fsp3) is 0.346. The van der Waals surface area contributed by atoms with Crippen molar-refractivity contribution in [1.29, 1.82) is 0 Å². The molecule has 0 bridgehead atoms. The molecule has 1 saturated carbocycles. The number of hydrogen-bond donors (Lipinski definition) is 2. The van der Waals surface area contributed by atoms with E-state index >= 15 is 0 Å². The highest BCUT2D eigenvalue weighted by Gasteiger charge is 2.34. The summed E-state index contributed by atoms with van der Waals surface area (Å²) >= 11 is 0. The van der Waals surface area contributed by atoms with Crippen LogP contribution in [0.4, 0.5) is 13.2 Å². The van der Waals surface area contributed by atoms with Crippen LogP contribution in [0.5, 0.6) is 0 Å². The molecule has 1 aliphatic rings. The molecule has 0 saturated heterocycles. The predicted octanol–water partition coefficient (Wildman–Crippen LogP) is 4.50. The van der Waals surface area contributed by atoms with Crippen LogP contribution in [0.2, 0.25) is 0 Å². The lowest BCUT2D eigenvalue weighted by Crippen LogP contribution is -2.44. The highest BCUT2D eigenvalue weighted by Crippen LogP contribution is 2.37. The molecule has 0 spiro atoms. The molecular formula is C26H26F3N3O2. The van der Waals surface area contributed by atoms with Crippen LogP contribution in [0.3, 0.4) is 0 Å². The summed E-state index contributed by atoms with van der Waals surface area (Å²) in [6.45, 7) is 3.46. The van der Waals surface area contributed by atoms with Crippen molar-refractivity contribution in [3.8, 4) is 11.3 Å². The standard InChI is InChI=1S/C26H26F3N3O2/c1-13-7-19(28)24(20(29)8-13)25-18(27)3-4-22(32-25)23(33)11-16-12-31-6-5-17(16)15-9-14(2)26(34)21(30)10-15/h3-8,12,14-15,21,26,34H,9-11,30H2,1-2H3/t14-,15+,21+,26+/m0/s1. The van der Waals surface area contributed by atoms with Crippen molar-refractivity contribution >= 4 is 5.78 Å². The van der Waals surface area contributed by atoms with Gasteiger partial charge in [-0.1, -0.05) is 6.92 Å². The van der Waals surface area contributed by atoms with Crippen LogP contribution in [-0.2, 0) is 6.42 Å². The maximum atomic E-state index is 14.5. The molecule has 8 heteroatoms. The van der Waals surface area contributed by atoms with E-state index in [1.165, 1.54) is 13.0 Å². The smallest absolute Gasteiger partial charge is 0.185 e. The van der Waals surface area contributed by atoms with Crippen molar-refractivity contribution < 1.29 is 23.1 Å². The molecule has 34 heavy (non-hydrogen) atoms. The number of carbonyl (C=O) groups excluding carboxylic acids is 1. The van der Waals surface area contributed by atoms with E-state index in [0.717, 1.165) is 23.8 Å². The number of nitrogens with two attached hydrogens (primary N) is 1. The van der Waals surface area contributed by atoms with Gasteiger partial charge in [-0.3, -0.25) is 9.78 Å². The number of aryl methyl sites for hydroxylation is 1. The Bertz CT molecular complexity index is 1200. The van der Waals surface area contributed by atoms with Crippen LogP contribution >= 0.6 is 0 Å². The van der Waals surface area contributed by atoms with Gasteiger partial charge < -0.3 is 10.8 Å². The number of Topliss-reactive ketones (excluding diaryl/α,β-unsaturated/α-hetero) is 1. The number of aliphatic hydroxyl groups excluding tert-OH is 1. The van der Waals surface area contributed by atoms with Gasteiger partial charge in [0.15, 0.2) is 5.78 Å². The van der Waals surface area contributed by atoms with E-state index in [0.29, 0.717) is 24.0 Å². The van der Waals surface area contributed by atoms with Gasteiger partial charge in [0, 0.05) is 24.9 Å². The first-order chi connectivity index (χ1) is 16.2. The van der Waals surface area contributed by atoms with E-state index < -0.39 is 40.6 Å². The molecule has 3 aromatic rings. The summed E-state index contributed by atoms with van der Waals surface area (Å²) in [5, 5.41) is 10.2. The van der Waals surface area contributed by atoms with Gasteiger partial charge in [-0.15, -0.1) is 0 Å². The van der Waals surface area contributed by atoms with E-state index in [4.69, 9.17) is 5.73 Å². The number of nitrogens with zero attached hydrogens (tertiary/aromatic N) is 2. The molecule has 1 aromatic carbocycles. The lowest BCUT2D eigenvalue weighted by Gasteiger charge is -2.36. The van der Waals surface area contributed by atoms with Gasteiger partial charge >= 0.3 is 0 Å². The molecule has 3 N–H and O–H groups in total. The van der Waals surface area contributed by atoms with Crippen LogP contribution < -0.4 is 5.73 Å². The summed E-state index contributed by atoms with van der Waals surface area (Å²) in [5.41, 5.74) is 6.80. The van der Waals surface area contributed by atoms with Gasteiger partial charge in [0.05, 0.1) is 11.7 Å². The van der Waals surface area contributed by atoms with Crippen LogP contribution in [0.1, 0.15) is 52.9 Å². The number of carbonyl (C=O) groups is 1. The number of benzene rings is 1. The number of pyridine rings is 2. The quantitative estimate of drug-likeness (QED) is 0.538. The minimum absolute atomic E-state index is 0.00564. The van der Waals surface area contributed by atoms with Gasteiger partial charge in [0.25, 0.3) is 0 Å².